The molecule has 48 heavy (non-hydrogen) atoms. The van der Waals surface area contributed by atoms with Gasteiger partial charge in [0, 0.05) is 44.2 Å². The summed E-state index contributed by atoms with van der Waals surface area (Å²) in [4.78, 5) is 43.9. The molecule has 2 fully saturated rings. The summed E-state index contributed by atoms with van der Waals surface area (Å²) in [6, 6.07) is 12.6. The number of nitrogens with zero attached hydrogens (tertiary/aromatic N) is 3. The van der Waals surface area contributed by atoms with Crippen LogP contribution in [0.1, 0.15) is 55.1 Å². The Kier molecular flexibility index (Phi) is 12.5. The molecular weight excluding hydrogens is 620 g/mol. The highest BCUT2D eigenvalue weighted by Gasteiger charge is 2.36. The minimum atomic E-state index is -0.994. The van der Waals surface area contributed by atoms with Crippen molar-refractivity contribution in [1.82, 2.24) is 25.0 Å². The van der Waals surface area contributed by atoms with Gasteiger partial charge in [-0.2, -0.15) is 0 Å². The van der Waals surface area contributed by atoms with Crippen molar-refractivity contribution in [3.63, 3.8) is 0 Å². The first-order chi connectivity index (χ1) is 23.3. The van der Waals surface area contributed by atoms with Crippen molar-refractivity contribution < 1.29 is 32.6 Å². The van der Waals surface area contributed by atoms with E-state index >= 15 is 0 Å². The Labute approximate surface area is 280 Å². The standard InChI is InChI=1S/C36H47F2N5O5/c1-25(39-2)34(44)40-33(27-11-7-4-8-12-27)36(46)42-15-13-41(14-16-42)35(45)32-22-28-21-29(37)30(38)23-31(28)43(32)17-18-47-19-20-48-24-26-9-5-3-6-10-26/h3,5-6,9-10,21-23,25,27,33,39H,4,7-8,11-20,24H2,1-2H3,(H,40,44)/t25?,33-/m1/s1. The summed E-state index contributed by atoms with van der Waals surface area (Å²) in [5.41, 5.74) is 1.76. The van der Waals surface area contributed by atoms with E-state index in [0.717, 1.165) is 49.8 Å². The number of ether oxygens (including phenoxy) is 2. The molecule has 2 N–H and O–H groups in total. The second-order valence-electron chi connectivity index (χ2n) is 12.7. The van der Waals surface area contributed by atoms with E-state index in [4.69, 9.17) is 9.47 Å². The number of halogens is 2. The number of amides is 3. The second-order valence-corrected chi connectivity index (χ2v) is 12.7. The molecule has 10 nitrogen and oxygen atoms in total. The minimum Gasteiger partial charge on any atom is -0.377 e. The largest absolute Gasteiger partial charge is 0.377 e. The number of hydrogen-bond acceptors (Lipinski definition) is 6. The van der Waals surface area contributed by atoms with Crippen LogP contribution in [0.5, 0.6) is 0 Å². The van der Waals surface area contributed by atoms with Gasteiger partial charge in [0.15, 0.2) is 11.6 Å². The quantitative estimate of drug-likeness (QED) is 0.251. The number of hydrogen-bond donors (Lipinski definition) is 2. The number of piperazine rings is 1. The third-order valence-electron chi connectivity index (χ3n) is 9.50. The van der Waals surface area contributed by atoms with Crippen molar-refractivity contribution in [2.75, 3.05) is 53.0 Å². The highest BCUT2D eigenvalue weighted by molar-refractivity contribution is 5.99. The van der Waals surface area contributed by atoms with Crippen LogP contribution in [0.15, 0.2) is 48.5 Å². The molecule has 2 aliphatic rings. The summed E-state index contributed by atoms with van der Waals surface area (Å²) in [5.74, 6) is -2.51. The van der Waals surface area contributed by atoms with E-state index in [0.29, 0.717) is 62.6 Å². The molecule has 1 aromatic heterocycles. The molecule has 2 aromatic carbocycles. The zero-order valence-corrected chi connectivity index (χ0v) is 27.9. The van der Waals surface area contributed by atoms with Crippen LogP contribution in [0, 0.1) is 17.6 Å². The maximum Gasteiger partial charge on any atom is 0.270 e. The number of rotatable bonds is 14. The number of fused-ring (bicyclic) bond motifs is 1. The lowest BCUT2D eigenvalue weighted by molar-refractivity contribution is -0.140. The molecule has 260 valence electrons. The first-order valence-corrected chi connectivity index (χ1v) is 17.0. The van der Waals surface area contributed by atoms with Crippen molar-refractivity contribution in [1.29, 1.82) is 0 Å². The van der Waals surface area contributed by atoms with Crippen LogP contribution < -0.4 is 10.6 Å². The third kappa shape index (κ3) is 8.77. The topological polar surface area (TPSA) is 105 Å². The average molecular weight is 668 g/mol. The molecule has 3 aromatic rings. The van der Waals surface area contributed by atoms with E-state index < -0.39 is 23.7 Å². The Bertz CT molecular complexity index is 1540. The Hall–Kier alpha value is -3.87. The SMILES string of the molecule is CNC(C)C(=O)N[C@@H](C(=O)N1CCN(C(=O)c2cc3cc(F)c(F)cc3n2CCOCCOCc2ccccc2)CC1)C1CCCCC1. The molecule has 2 atom stereocenters. The van der Waals surface area contributed by atoms with Gasteiger partial charge in [0.2, 0.25) is 11.8 Å². The monoisotopic (exact) mass is 667 g/mol. The zero-order chi connectivity index (χ0) is 34.0. The maximum atomic E-state index is 14.3. The lowest BCUT2D eigenvalue weighted by Gasteiger charge is -2.39. The summed E-state index contributed by atoms with van der Waals surface area (Å²) < 4.78 is 41.6. The lowest BCUT2D eigenvalue weighted by Crippen LogP contribution is -2.59. The molecule has 1 aliphatic heterocycles. The number of carbonyl (C=O) groups excluding carboxylic acids is 3. The van der Waals surface area contributed by atoms with Crippen molar-refractivity contribution >= 4 is 28.6 Å². The van der Waals surface area contributed by atoms with E-state index in [-0.39, 0.29) is 36.8 Å². The normalized spacial score (nSPS) is 17.0. The predicted octanol–water partition coefficient (Wildman–Crippen LogP) is 4.11. The van der Waals surface area contributed by atoms with E-state index in [1.165, 1.54) is 0 Å². The fourth-order valence-electron chi connectivity index (χ4n) is 6.56. The molecule has 3 amide bonds. The molecule has 1 unspecified atom stereocenters. The molecule has 12 heteroatoms. The van der Waals surface area contributed by atoms with Gasteiger partial charge in [0.25, 0.3) is 5.91 Å². The van der Waals surface area contributed by atoms with E-state index in [9.17, 15) is 23.2 Å². The van der Waals surface area contributed by atoms with Crippen LogP contribution in [0.3, 0.4) is 0 Å². The highest BCUT2D eigenvalue weighted by atomic mass is 19.2. The molecule has 0 bridgehead atoms. The van der Waals surface area contributed by atoms with Gasteiger partial charge >= 0.3 is 0 Å². The van der Waals surface area contributed by atoms with Gasteiger partial charge in [-0.15, -0.1) is 0 Å². The summed E-state index contributed by atoms with van der Waals surface area (Å²) in [5, 5.41) is 6.36. The van der Waals surface area contributed by atoms with Gasteiger partial charge < -0.3 is 34.5 Å². The lowest BCUT2D eigenvalue weighted by atomic mass is 9.83. The number of likely N-dealkylation sites (N-methyl/N-ethyl adjacent to an activating group) is 1. The summed E-state index contributed by atoms with van der Waals surface area (Å²) in [6.07, 6.45) is 4.97. The molecule has 0 spiro atoms. The first-order valence-electron chi connectivity index (χ1n) is 17.0. The van der Waals surface area contributed by atoms with Crippen LogP contribution in [0.2, 0.25) is 0 Å². The second kappa shape index (κ2) is 17.0. The maximum absolute atomic E-state index is 14.3. The molecule has 0 radical (unpaired) electrons. The fraction of sp³-hybridized carbons (Fsp3) is 0.528. The molecule has 2 heterocycles. The third-order valence-corrected chi connectivity index (χ3v) is 9.50. The van der Waals surface area contributed by atoms with Gasteiger partial charge in [0.1, 0.15) is 11.7 Å². The predicted molar refractivity (Wildman–Crippen MR) is 178 cm³/mol. The van der Waals surface area contributed by atoms with E-state index in [1.54, 1.807) is 34.4 Å². The molecule has 5 rings (SSSR count). The van der Waals surface area contributed by atoms with Gasteiger partial charge in [-0.1, -0.05) is 49.6 Å². The molecule has 1 saturated carbocycles. The van der Waals surface area contributed by atoms with Gasteiger partial charge in [-0.3, -0.25) is 14.4 Å². The van der Waals surface area contributed by atoms with Gasteiger partial charge in [-0.25, -0.2) is 8.78 Å². The summed E-state index contributed by atoms with van der Waals surface area (Å²) in [7, 11) is 1.71. The zero-order valence-electron chi connectivity index (χ0n) is 27.9. The average Bonchev–Trinajstić information content (AvgIpc) is 3.46. The van der Waals surface area contributed by atoms with Crippen LogP contribution in [0.25, 0.3) is 10.9 Å². The Balaban J connectivity index is 1.21. The van der Waals surface area contributed by atoms with Crippen molar-refractivity contribution in [3.05, 3.63) is 71.4 Å². The summed E-state index contributed by atoms with van der Waals surface area (Å²) in [6.45, 7) is 4.67. The van der Waals surface area contributed by atoms with Crippen molar-refractivity contribution in [3.8, 4) is 0 Å². The van der Waals surface area contributed by atoms with Gasteiger partial charge in [-0.05, 0) is 50.4 Å². The van der Waals surface area contributed by atoms with Crippen LogP contribution in [-0.4, -0.2) is 97.2 Å². The van der Waals surface area contributed by atoms with Crippen molar-refractivity contribution in [2.45, 2.75) is 64.3 Å². The van der Waals surface area contributed by atoms with E-state index in [2.05, 4.69) is 10.6 Å². The van der Waals surface area contributed by atoms with Crippen LogP contribution in [0.4, 0.5) is 8.78 Å². The van der Waals surface area contributed by atoms with Crippen molar-refractivity contribution in [2.24, 2.45) is 5.92 Å². The smallest absolute Gasteiger partial charge is 0.270 e. The van der Waals surface area contributed by atoms with E-state index in [1.807, 2.05) is 30.3 Å². The Morgan fingerprint density at radius 1 is 0.875 bits per heavy atom. The molecule has 1 aliphatic carbocycles. The highest BCUT2D eigenvalue weighted by Crippen LogP contribution is 2.28. The van der Waals surface area contributed by atoms with Crippen LogP contribution >= 0.6 is 0 Å². The molecule has 1 saturated heterocycles. The number of benzene rings is 2. The fourth-order valence-corrected chi connectivity index (χ4v) is 6.56. The first kappa shape index (κ1) is 35.4. The van der Waals surface area contributed by atoms with Gasteiger partial charge in [0.05, 0.1) is 38.0 Å². The number of nitrogens with one attached hydrogen (secondary N) is 2. The Morgan fingerprint density at radius 2 is 1.54 bits per heavy atom. The van der Waals surface area contributed by atoms with Crippen LogP contribution in [-0.2, 0) is 32.2 Å². The molecular formula is C36H47F2N5O5. The number of aromatic nitrogens is 1. The summed E-state index contributed by atoms with van der Waals surface area (Å²) >= 11 is 0. The number of carbonyl (C=O) groups is 3. The Morgan fingerprint density at radius 3 is 2.25 bits per heavy atom. The minimum absolute atomic E-state index is 0.0769.